The van der Waals surface area contributed by atoms with Crippen molar-refractivity contribution in [3.63, 3.8) is 0 Å². The van der Waals surface area contributed by atoms with E-state index >= 15 is 0 Å². The predicted octanol–water partition coefficient (Wildman–Crippen LogP) is 2.82. The lowest BCUT2D eigenvalue weighted by atomic mass is 10.1. The van der Waals surface area contributed by atoms with Crippen LogP contribution >= 0.6 is 0 Å². The molecule has 0 aliphatic heterocycles. The van der Waals surface area contributed by atoms with E-state index < -0.39 is 0 Å². The maximum Gasteiger partial charge on any atom is 0.151 e. The number of furan rings is 1. The number of rotatable bonds is 2. The summed E-state index contributed by atoms with van der Waals surface area (Å²) >= 11 is 0. The highest BCUT2D eigenvalue weighted by Gasteiger charge is 2.14. The molecule has 0 atom stereocenters. The predicted molar refractivity (Wildman–Crippen MR) is 57.5 cm³/mol. The van der Waals surface area contributed by atoms with E-state index in [9.17, 15) is 0 Å². The molecule has 0 fully saturated rings. The Bertz CT molecular complexity index is 534. The van der Waals surface area contributed by atoms with Crippen molar-refractivity contribution in [3.05, 3.63) is 29.3 Å². The third kappa shape index (κ3) is 1.39. The largest absolute Gasteiger partial charge is 0.461 e. The highest BCUT2D eigenvalue weighted by molar-refractivity contribution is 5.86. The molecule has 0 unspecified atom stereocenters. The summed E-state index contributed by atoms with van der Waals surface area (Å²) in [5, 5.41) is 9.87. The summed E-state index contributed by atoms with van der Waals surface area (Å²) in [6.45, 7) is 4.12. The van der Waals surface area contributed by atoms with Crippen LogP contribution in [0.5, 0.6) is 0 Å². The van der Waals surface area contributed by atoms with Gasteiger partial charge in [-0.15, -0.1) is 0 Å². The number of nitrogens with zero attached hydrogens (tertiary/aromatic N) is 2. The average molecular weight is 200 g/mol. The molecule has 0 radical (unpaired) electrons. The van der Waals surface area contributed by atoms with Gasteiger partial charge >= 0.3 is 0 Å². The summed E-state index contributed by atoms with van der Waals surface area (Å²) in [6.07, 6.45) is 3.34. The topological polar surface area (TPSA) is 49.8 Å². The molecule has 3 heteroatoms. The molecular formula is C12H12N2O. The van der Waals surface area contributed by atoms with Gasteiger partial charge in [0.25, 0.3) is 0 Å². The third-order valence-corrected chi connectivity index (χ3v) is 2.56. The fourth-order valence-corrected chi connectivity index (χ4v) is 1.90. The molecule has 2 heterocycles. The van der Waals surface area contributed by atoms with Gasteiger partial charge < -0.3 is 4.42 Å². The highest BCUT2D eigenvalue weighted by atomic mass is 16.3. The van der Waals surface area contributed by atoms with Gasteiger partial charge in [-0.25, -0.2) is 4.98 Å². The van der Waals surface area contributed by atoms with Gasteiger partial charge in [0.1, 0.15) is 17.4 Å². The Hall–Kier alpha value is -1.82. The molecule has 15 heavy (non-hydrogen) atoms. The van der Waals surface area contributed by atoms with Gasteiger partial charge in [0, 0.05) is 18.2 Å². The van der Waals surface area contributed by atoms with Gasteiger partial charge in [0.15, 0.2) is 5.69 Å². The summed E-state index contributed by atoms with van der Waals surface area (Å²) in [6, 6.07) is 3.92. The lowest BCUT2D eigenvalue weighted by molar-refractivity contribution is 0.551. The van der Waals surface area contributed by atoms with Crippen LogP contribution in [0.25, 0.3) is 11.0 Å². The Balaban J connectivity index is 2.85. The third-order valence-electron chi connectivity index (χ3n) is 2.56. The van der Waals surface area contributed by atoms with Crippen LogP contribution in [0.15, 0.2) is 16.7 Å². The van der Waals surface area contributed by atoms with E-state index in [1.807, 2.05) is 6.07 Å². The van der Waals surface area contributed by atoms with Gasteiger partial charge in [0.2, 0.25) is 0 Å². The molecule has 0 aromatic carbocycles. The number of hydrogen-bond donors (Lipinski definition) is 0. The Labute approximate surface area is 88.3 Å². The van der Waals surface area contributed by atoms with Crippen LogP contribution in [0.4, 0.5) is 0 Å². The first-order valence-corrected chi connectivity index (χ1v) is 5.11. The first kappa shape index (κ1) is 9.72. The lowest BCUT2D eigenvalue weighted by Crippen LogP contribution is -1.88. The zero-order valence-corrected chi connectivity index (χ0v) is 8.87. The van der Waals surface area contributed by atoms with E-state index in [0.717, 1.165) is 35.1 Å². The van der Waals surface area contributed by atoms with Crippen molar-refractivity contribution in [2.45, 2.75) is 26.7 Å². The Morgan fingerprint density at radius 2 is 2.20 bits per heavy atom. The van der Waals surface area contributed by atoms with Crippen LogP contribution in [0.3, 0.4) is 0 Å². The Morgan fingerprint density at radius 1 is 1.40 bits per heavy atom. The van der Waals surface area contributed by atoms with Crippen LogP contribution in [0.2, 0.25) is 0 Å². The van der Waals surface area contributed by atoms with Crippen molar-refractivity contribution in [1.82, 2.24) is 4.98 Å². The normalized spacial score (nSPS) is 10.5. The first-order chi connectivity index (χ1) is 7.31. The van der Waals surface area contributed by atoms with Crippen LogP contribution in [-0.2, 0) is 12.8 Å². The zero-order chi connectivity index (χ0) is 10.8. The van der Waals surface area contributed by atoms with Crippen LogP contribution < -0.4 is 0 Å². The number of aryl methyl sites for hydroxylation is 2. The van der Waals surface area contributed by atoms with Crippen molar-refractivity contribution < 1.29 is 4.42 Å². The van der Waals surface area contributed by atoms with Crippen LogP contribution in [-0.4, -0.2) is 4.98 Å². The number of hydrogen-bond acceptors (Lipinski definition) is 3. The van der Waals surface area contributed by atoms with Gasteiger partial charge in [-0.1, -0.05) is 13.8 Å². The standard InChI is InChI=1S/C12H12N2O/c1-3-8-10(4-2)15-11-5-6-14-9(7-13)12(8)11/h5-6H,3-4H2,1-2H3. The van der Waals surface area contributed by atoms with Crippen molar-refractivity contribution >= 4 is 11.0 Å². The number of aromatic nitrogens is 1. The molecule has 2 aromatic heterocycles. The number of pyridine rings is 1. The van der Waals surface area contributed by atoms with E-state index in [1.54, 1.807) is 6.20 Å². The Morgan fingerprint density at radius 3 is 2.80 bits per heavy atom. The monoisotopic (exact) mass is 200 g/mol. The zero-order valence-electron chi connectivity index (χ0n) is 8.87. The van der Waals surface area contributed by atoms with E-state index in [4.69, 9.17) is 9.68 Å². The van der Waals surface area contributed by atoms with E-state index in [1.165, 1.54) is 0 Å². The second-order valence-electron chi connectivity index (χ2n) is 3.36. The number of fused-ring (bicyclic) bond motifs is 1. The van der Waals surface area contributed by atoms with Crippen molar-refractivity contribution in [3.8, 4) is 6.07 Å². The van der Waals surface area contributed by atoms with Gasteiger partial charge in [-0.3, -0.25) is 0 Å². The maximum absolute atomic E-state index is 8.98. The van der Waals surface area contributed by atoms with E-state index in [-0.39, 0.29) is 0 Å². The molecule has 0 saturated carbocycles. The molecule has 0 aliphatic rings. The molecule has 0 bridgehead atoms. The second-order valence-corrected chi connectivity index (χ2v) is 3.36. The molecule has 2 rings (SSSR count). The maximum atomic E-state index is 8.98. The van der Waals surface area contributed by atoms with Gasteiger partial charge in [-0.2, -0.15) is 5.26 Å². The van der Waals surface area contributed by atoms with Crippen molar-refractivity contribution in [2.75, 3.05) is 0 Å². The van der Waals surface area contributed by atoms with E-state index in [2.05, 4.69) is 24.9 Å². The molecule has 0 aliphatic carbocycles. The summed E-state index contributed by atoms with van der Waals surface area (Å²) in [4.78, 5) is 4.06. The number of nitriles is 1. The minimum atomic E-state index is 0.466. The summed E-state index contributed by atoms with van der Waals surface area (Å²) in [5.74, 6) is 0.969. The van der Waals surface area contributed by atoms with Crippen molar-refractivity contribution in [2.24, 2.45) is 0 Å². The SMILES string of the molecule is CCc1oc2ccnc(C#N)c2c1CC. The van der Waals surface area contributed by atoms with Gasteiger partial charge in [-0.05, 0) is 12.5 Å². The second kappa shape index (κ2) is 3.74. The molecule has 3 nitrogen and oxygen atoms in total. The van der Waals surface area contributed by atoms with Crippen LogP contribution in [0, 0.1) is 11.3 Å². The summed E-state index contributed by atoms with van der Waals surface area (Å²) in [5.41, 5.74) is 2.36. The lowest BCUT2D eigenvalue weighted by Gasteiger charge is -1.95. The molecule has 0 saturated heterocycles. The van der Waals surface area contributed by atoms with Crippen LogP contribution in [0.1, 0.15) is 30.9 Å². The Kier molecular flexibility index (Phi) is 2.42. The molecule has 76 valence electrons. The summed E-state index contributed by atoms with van der Waals surface area (Å²) in [7, 11) is 0. The highest BCUT2D eigenvalue weighted by Crippen LogP contribution is 2.28. The average Bonchev–Trinajstić information content (AvgIpc) is 2.66. The molecular weight excluding hydrogens is 188 g/mol. The fourth-order valence-electron chi connectivity index (χ4n) is 1.90. The molecule has 2 aromatic rings. The first-order valence-electron chi connectivity index (χ1n) is 5.11. The smallest absolute Gasteiger partial charge is 0.151 e. The minimum Gasteiger partial charge on any atom is -0.461 e. The molecule has 0 spiro atoms. The quantitative estimate of drug-likeness (QED) is 0.748. The molecule has 0 amide bonds. The van der Waals surface area contributed by atoms with Crippen molar-refractivity contribution in [1.29, 1.82) is 5.26 Å². The van der Waals surface area contributed by atoms with E-state index in [0.29, 0.717) is 5.69 Å². The summed E-state index contributed by atoms with van der Waals surface area (Å²) < 4.78 is 5.69. The fraction of sp³-hybridized carbons (Fsp3) is 0.333. The minimum absolute atomic E-state index is 0.466. The molecule has 0 N–H and O–H groups in total. The van der Waals surface area contributed by atoms with Gasteiger partial charge in [0.05, 0.1) is 5.39 Å².